The monoisotopic (exact) mass is 231 g/mol. The maximum Gasteiger partial charge on any atom is 0.129 e. The first-order valence-electron chi connectivity index (χ1n) is 3.70. The Morgan fingerprint density at radius 3 is 3.00 bits per heavy atom. The molecule has 0 bridgehead atoms. The molecule has 1 atom stereocenters. The van der Waals surface area contributed by atoms with Gasteiger partial charge in [-0.2, -0.15) is 0 Å². The molecule has 3 nitrogen and oxygen atoms in total. The molecule has 1 rings (SSSR count). The maximum atomic E-state index is 5.78. The molecule has 1 unspecified atom stereocenters. The summed E-state index contributed by atoms with van der Waals surface area (Å²) in [5.41, 5.74) is 5.78. The van der Waals surface area contributed by atoms with Gasteiger partial charge in [0.05, 0.1) is 6.04 Å². The van der Waals surface area contributed by atoms with Crippen molar-refractivity contribution in [2.75, 3.05) is 0 Å². The number of hydrogen-bond donors (Lipinski definition) is 1. The fourth-order valence-corrected chi connectivity index (χ4v) is 0.949. The maximum absolute atomic E-state index is 5.78. The Balaban J connectivity index is 0.00000121. The minimum absolute atomic E-state index is 0. The average molecular weight is 232 g/mol. The van der Waals surface area contributed by atoms with E-state index in [0.29, 0.717) is 0 Å². The molecule has 12 heavy (non-hydrogen) atoms. The summed E-state index contributed by atoms with van der Waals surface area (Å²) in [6.07, 6.45) is 6.17. The largest absolute Gasteiger partial charge is 0.321 e. The van der Waals surface area contributed by atoms with E-state index in [4.69, 9.17) is 5.73 Å². The van der Waals surface area contributed by atoms with Gasteiger partial charge in [-0.15, -0.1) is 17.0 Å². The van der Waals surface area contributed by atoms with Crippen molar-refractivity contribution in [2.45, 2.75) is 19.4 Å². The third kappa shape index (κ3) is 2.19. The van der Waals surface area contributed by atoms with Gasteiger partial charge in [0.2, 0.25) is 0 Å². The van der Waals surface area contributed by atoms with Crippen molar-refractivity contribution in [3.05, 3.63) is 24.8 Å². The van der Waals surface area contributed by atoms with E-state index in [1.165, 1.54) is 0 Å². The molecule has 0 amide bonds. The molecule has 0 aliphatic rings. The standard InChI is InChI=1S/C8H13N3.BrH/c1-3-7(9)8-10-5-6-11(8)4-2;/h4-7H,2-3,9H2,1H3;1H. The summed E-state index contributed by atoms with van der Waals surface area (Å²) in [5.74, 6) is 0.877. The predicted molar refractivity (Wildman–Crippen MR) is 56.2 cm³/mol. The quantitative estimate of drug-likeness (QED) is 0.865. The molecule has 0 fully saturated rings. The minimum Gasteiger partial charge on any atom is -0.321 e. The van der Waals surface area contributed by atoms with Gasteiger partial charge in [-0.1, -0.05) is 13.5 Å². The highest BCUT2D eigenvalue weighted by Crippen LogP contribution is 2.10. The zero-order valence-corrected chi connectivity index (χ0v) is 8.82. The van der Waals surface area contributed by atoms with Crippen LogP contribution in [0.2, 0.25) is 0 Å². The number of nitrogens with zero attached hydrogens (tertiary/aromatic N) is 2. The fraction of sp³-hybridized carbons (Fsp3) is 0.375. The van der Waals surface area contributed by atoms with Crippen molar-refractivity contribution in [1.82, 2.24) is 9.55 Å². The third-order valence-electron chi connectivity index (χ3n) is 1.67. The summed E-state index contributed by atoms with van der Waals surface area (Å²) in [5, 5.41) is 0. The van der Waals surface area contributed by atoms with Crippen molar-refractivity contribution in [2.24, 2.45) is 5.73 Å². The van der Waals surface area contributed by atoms with Crippen LogP contribution in [0.4, 0.5) is 0 Å². The van der Waals surface area contributed by atoms with E-state index in [0.717, 1.165) is 12.2 Å². The lowest BCUT2D eigenvalue weighted by atomic mass is 10.2. The van der Waals surface area contributed by atoms with E-state index in [1.807, 2.05) is 17.7 Å². The molecule has 0 spiro atoms. The molecule has 2 N–H and O–H groups in total. The Kier molecular flexibility index (Phi) is 4.85. The second-order valence-electron chi connectivity index (χ2n) is 2.39. The lowest BCUT2D eigenvalue weighted by Crippen LogP contribution is -2.13. The van der Waals surface area contributed by atoms with Gasteiger partial charge in [0.15, 0.2) is 0 Å². The average Bonchev–Trinajstić information content (AvgIpc) is 2.50. The molecular formula is C8H14BrN3. The Morgan fingerprint density at radius 2 is 2.50 bits per heavy atom. The molecule has 0 aromatic carbocycles. The molecule has 1 aromatic heterocycles. The summed E-state index contributed by atoms with van der Waals surface area (Å²) in [6, 6.07) is 0.0167. The van der Waals surface area contributed by atoms with E-state index in [-0.39, 0.29) is 23.0 Å². The lowest BCUT2D eigenvalue weighted by Gasteiger charge is -2.07. The van der Waals surface area contributed by atoms with Crippen LogP contribution < -0.4 is 5.73 Å². The van der Waals surface area contributed by atoms with Gasteiger partial charge in [-0.3, -0.25) is 0 Å². The number of halogens is 1. The highest BCUT2D eigenvalue weighted by Gasteiger charge is 2.07. The molecular weight excluding hydrogens is 218 g/mol. The fourth-order valence-electron chi connectivity index (χ4n) is 0.949. The first-order valence-corrected chi connectivity index (χ1v) is 3.70. The second kappa shape index (κ2) is 5.11. The van der Waals surface area contributed by atoms with E-state index in [2.05, 4.69) is 11.6 Å². The van der Waals surface area contributed by atoms with Crippen LogP contribution in [0.1, 0.15) is 25.2 Å². The molecule has 68 valence electrons. The van der Waals surface area contributed by atoms with Gasteiger partial charge in [-0.25, -0.2) is 4.98 Å². The third-order valence-corrected chi connectivity index (χ3v) is 1.67. The number of aromatic nitrogens is 2. The zero-order chi connectivity index (χ0) is 8.27. The van der Waals surface area contributed by atoms with Crippen LogP contribution in [-0.4, -0.2) is 9.55 Å². The predicted octanol–water partition coefficient (Wildman–Crippen LogP) is 1.97. The van der Waals surface area contributed by atoms with Crippen LogP contribution in [0.5, 0.6) is 0 Å². The van der Waals surface area contributed by atoms with Gasteiger partial charge in [-0.05, 0) is 6.42 Å². The Bertz CT molecular complexity index is 244. The number of imidazole rings is 1. The zero-order valence-electron chi connectivity index (χ0n) is 7.10. The summed E-state index contributed by atoms with van der Waals surface area (Å²) < 4.78 is 1.84. The van der Waals surface area contributed by atoms with Crippen LogP contribution in [0.25, 0.3) is 6.20 Å². The van der Waals surface area contributed by atoms with Crippen LogP contribution >= 0.6 is 17.0 Å². The highest BCUT2D eigenvalue weighted by atomic mass is 79.9. The Labute approximate surface area is 83.1 Å². The number of rotatable bonds is 3. The summed E-state index contributed by atoms with van der Waals surface area (Å²) in [4.78, 5) is 4.12. The molecule has 0 saturated carbocycles. The summed E-state index contributed by atoms with van der Waals surface area (Å²) in [7, 11) is 0. The van der Waals surface area contributed by atoms with Gasteiger partial charge < -0.3 is 10.3 Å². The van der Waals surface area contributed by atoms with Gasteiger partial charge >= 0.3 is 0 Å². The first-order chi connectivity index (χ1) is 5.29. The molecule has 4 heteroatoms. The second-order valence-corrected chi connectivity index (χ2v) is 2.39. The van der Waals surface area contributed by atoms with Crippen LogP contribution in [0.15, 0.2) is 19.0 Å². The molecule has 0 saturated heterocycles. The van der Waals surface area contributed by atoms with E-state index < -0.39 is 0 Å². The Morgan fingerprint density at radius 1 is 1.83 bits per heavy atom. The van der Waals surface area contributed by atoms with E-state index in [9.17, 15) is 0 Å². The topological polar surface area (TPSA) is 43.8 Å². The first kappa shape index (κ1) is 11.4. The summed E-state index contributed by atoms with van der Waals surface area (Å²) in [6.45, 7) is 5.68. The molecule has 0 aliphatic carbocycles. The molecule has 1 heterocycles. The van der Waals surface area contributed by atoms with Crippen LogP contribution in [-0.2, 0) is 0 Å². The lowest BCUT2D eigenvalue weighted by molar-refractivity contribution is 0.643. The molecule has 0 aliphatic heterocycles. The van der Waals surface area contributed by atoms with Crippen molar-refractivity contribution >= 4 is 23.2 Å². The van der Waals surface area contributed by atoms with Crippen molar-refractivity contribution in [3.8, 4) is 0 Å². The van der Waals surface area contributed by atoms with Crippen LogP contribution in [0.3, 0.4) is 0 Å². The van der Waals surface area contributed by atoms with Crippen LogP contribution in [0, 0.1) is 0 Å². The highest BCUT2D eigenvalue weighted by molar-refractivity contribution is 8.93. The van der Waals surface area contributed by atoms with Gasteiger partial charge in [0.25, 0.3) is 0 Å². The van der Waals surface area contributed by atoms with Crippen molar-refractivity contribution < 1.29 is 0 Å². The minimum atomic E-state index is 0. The van der Waals surface area contributed by atoms with Gasteiger partial charge in [0, 0.05) is 18.6 Å². The normalized spacial score (nSPS) is 11.8. The van der Waals surface area contributed by atoms with Gasteiger partial charge in [0.1, 0.15) is 5.82 Å². The van der Waals surface area contributed by atoms with Crippen molar-refractivity contribution in [3.63, 3.8) is 0 Å². The SMILES string of the molecule is Br.C=Cn1ccnc1C(N)CC. The number of nitrogens with two attached hydrogens (primary N) is 1. The molecule has 0 radical (unpaired) electrons. The molecule has 1 aromatic rings. The number of hydrogen-bond acceptors (Lipinski definition) is 2. The smallest absolute Gasteiger partial charge is 0.129 e. The summed E-state index contributed by atoms with van der Waals surface area (Å²) >= 11 is 0. The van der Waals surface area contributed by atoms with Crippen molar-refractivity contribution in [1.29, 1.82) is 0 Å². The van der Waals surface area contributed by atoms with E-state index in [1.54, 1.807) is 12.4 Å². The Hall–Kier alpha value is -0.610. The van der Waals surface area contributed by atoms with E-state index >= 15 is 0 Å².